The number of nitrogens with zero attached hydrogens (tertiary/aromatic N) is 2. The molecule has 1 N–H and O–H groups in total. The van der Waals surface area contributed by atoms with Crippen LogP contribution in [0.5, 0.6) is 0 Å². The largest absolute Gasteiger partial charge is 0.381 e. The van der Waals surface area contributed by atoms with Crippen LogP contribution >= 0.6 is 0 Å². The molecule has 1 aromatic heterocycles. The molecular weight excluding hydrogens is 222 g/mol. The Kier molecular flexibility index (Phi) is 4.31. The molecule has 0 radical (unpaired) electrons. The molecule has 2 rings (SSSR count). The Morgan fingerprint density at radius 1 is 1.06 bits per heavy atom. The van der Waals surface area contributed by atoms with Crippen LogP contribution < -0.4 is 5.32 Å². The zero-order valence-corrected chi connectivity index (χ0v) is 10.9. The molecule has 0 bridgehead atoms. The van der Waals surface area contributed by atoms with Crippen molar-refractivity contribution in [3.63, 3.8) is 0 Å². The van der Waals surface area contributed by atoms with Crippen molar-refractivity contribution in [1.82, 2.24) is 9.88 Å². The average Bonchev–Trinajstić information content (AvgIpc) is 2.38. The summed E-state index contributed by atoms with van der Waals surface area (Å²) in [6, 6.07) is 12.5. The molecular formula is C15H19N3. The number of anilines is 1. The first-order valence-corrected chi connectivity index (χ1v) is 6.11. The molecule has 0 atom stereocenters. The smallest absolute Gasteiger partial charge is 0.0402 e. The van der Waals surface area contributed by atoms with Gasteiger partial charge in [-0.2, -0.15) is 0 Å². The number of hydrogen-bond donors (Lipinski definition) is 1. The summed E-state index contributed by atoms with van der Waals surface area (Å²) in [5, 5.41) is 3.48. The molecule has 0 saturated heterocycles. The first-order valence-electron chi connectivity index (χ1n) is 6.11. The van der Waals surface area contributed by atoms with Gasteiger partial charge in [-0.1, -0.05) is 18.2 Å². The van der Waals surface area contributed by atoms with Gasteiger partial charge in [0.1, 0.15) is 0 Å². The van der Waals surface area contributed by atoms with E-state index in [0.717, 1.165) is 13.1 Å². The minimum Gasteiger partial charge on any atom is -0.381 e. The first kappa shape index (κ1) is 12.6. The van der Waals surface area contributed by atoms with Crippen molar-refractivity contribution in [2.75, 3.05) is 19.4 Å². The normalized spacial score (nSPS) is 10.6. The second-order valence-electron chi connectivity index (χ2n) is 4.60. The van der Waals surface area contributed by atoms with Crippen LogP contribution in [-0.4, -0.2) is 24.0 Å². The molecule has 1 aromatic carbocycles. The summed E-state index contributed by atoms with van der Waals surface area (Å²) < 4.78 is 0. The van der Waals surface area contributed by atoms with Gasteiger partial charge in [-0.15, -0.1) is 0 Å². The molecule has 94 valence electrons. The van der Waals surface area contributed by atoms with E-state index in [1.807, 2.05) is 24.5 Å². The fourth-order valence-electron chi connectivity index (χ4n) is 1.87. The third-order valence-electron chi connectivity index (χ3n) is 2.74. The van der Waals surface area contributed by atoms with Crippen LogP contribution in [0.2, 0.25) is 0 Å². The molecule has 3 nitrogen and oxygen atoms in total. The fourth-order valence-corrected chi connectivity index (χ4v) is 1.87. The fraction of sp³-hybridized carbons (Fsp3) is 0.267. The number of aromatic nitrogens is 1. The second-order valence-corrected chi connectivity index (χ2v) is 4.60. The number of hydrogen-bond acceptors (Lipinski definition) is 3. The second kappa shape index (κ2) is 6.17. The monoisotopic (exact) mass is 241 g/mol. The van der Waals surface area contributed by atoms with Crippen molar-refractivity contribution in [1.29, 1.82) is 0 Å². The van der Waals surface area contributed by atoms with E-state index in [0.29, 0.717) is 0 Å². The molecule has 0 amide bonds. The van der Waals surface area contributed by atoms with Gasteiger partial charge in [0.15, 0.2) is 0 Å². The Hall–Kier alpha value is -1.87. The van der Waals surface area contributed by atoms with Gasteiger partial charge in [0.05, 0.1) is 0 Å². The Morgan fingerprint density at radius 2 is 1.78 bits per heavy atom. The van der Waals surface area contributed by atoms with Gasteiger partial charge in [-0.05, 0) is 43.4 Å². The Labute approximate surface area is 108 Å². The zero-order chi connectivity index (χ0) is 12.8. The predicted octanol–water partition coefficient (Wildman–Crippen LogP) is 2.76. The third kappa shape index (κ3) is 3.57. The minimum absolute atomic E-state index is 0.826. The number of benzene rings is 1. The summed E-state index contributed by atoms with van der Waals surface area (Å²) in [5.74, 6) is 0. The van der Waals surface area contributed by atoms with Crippen molar-refractivity contribution >= 4 is 5.69 Å². The summed E-state index contributed by atoms with van der Waals surface area (Å²) >= 11 is 0. The van der Waals surface area contributed by atoms with E-state index in [-0.39, 0.29) is 0 Å². The van der Waals surface area contributed by atoms with Gasteiger partial charge in [0.25, 0.3) is 0 Å². The average molecular weight is 241 g/mol. The van der Waals surface area contributed by atoms with Crippen LogP contribution in [-0.2, 0) is 13.1 Å². The van der Waals surface area contributed by atoms with Gasteiger partial charge in [-0.3, -0.25) is 4.98 Å². The lowest BCUT2D eigenvalue weighted by molar-refractivity contribution is 0.403. The summed E-state index contributed by atoms with van der Waals surface area (Å²) in [6.45, 7) is 1.77. The van der Waals surface area contributed by atoms with Crippen molar-refractivity contribution in [2.45, 2.75) is 13.1 Å². The summed E-state index contributed by atoms with van der Waals surface area (Å²) in [5.41, 5.74) is 3.75. The molecule has 0 saturated carbocycles. The van der Waals surface area contributed by atoms with Crippen LogP contribution in [0, 0.1) is 0 Å². The van der Waals surface area contributed by atoms with Gasteiger partial charge in [0, 0.05) is 31.2 Å². The van der Waals surface area contributed by atoms with Crippen molar-refractivity contribution in [3.05, 3.63) is 59.9 Å². The third-order valence-corrected chi connectivity index (χ3v) is 2.74. The van der Waals surface area contributed by atoms with E-state index in [1.54, 1.807) is 0 Å². The highest BCUT2D eigenvalue weighted by atomic mass is 15.1. The molecule has 18 heavy (non-hydrogen) atoms. The summed E-state index contributed by atoms with van der Waals surface area (Å²) in [6.07, 6.45) is 3.64. The molecule has 0 fully saturated rings. The topological polar surface area (TPSA) is 28.2 Å². The Bertz CT molecular complexity index is 480. The molecule has 0 unspecified atom stereocenters. The van der Waals surface area contributed by atoms with E-state index in [4.69, 9.17) is 0 Å². The van der Waals surface area contributed by atoms with Crippen LogP contribution in [0.25, 0.3) is 0 Å². The number of nitrogens with one attached hydrogen (secondary N) is 1. The van der Waals surface area contributed by atoms with E-state index in [2.05, 4.69) is 53.6 Å². The quantitative estimate of drug-likeness (QED) is 0.872. The summed E-state index contributed by atoms with van der Waals surface area (Å²) in [7, 11) is 4.17. The standard InChI is InChI=1S/C15H19N3/c1-18(2)12-14-5-3-4-6-15(14)17-11-13-7-9-16-10-8-13/h3-10,17H,11-12H2,1-2H3. The van der Waals surface area contributed by atoms with Crippen LogP contribution in [0.4, 0.5) is 5.69 Å². The first-order chi connectivity index (χ1) is 8.75. The SMILES string of the molecule is CN(C)Cc1ccccc1NCc1ccncc1. The lowest BCUT2D eigenvalue weighted by Gasteiger charge is -2.15. The lowest BCUT2D eigenvalue weighted by Crippen LogP contribution is -2.12. The Balaban J connectivity index is 2.05. The molecule has 1 heterocycles. The van der Waals surface area contributed by atoms with Crippen molar-refractivity contribution in [3.8, 4) is 0 Å². The highest BCUT2D eigenvalue weighted by Gasteiger charge is 2.02. The maximum absolute atomic E-state index is 4.02. The molecule has 0 aliphatic carbocycles. The van der Waals surface area contributed by atoms with Crippen LogP contribution in [0.15, 0.2) is 48.8 Å². The minimum atomic E-state index is 0.826. The van der Waals surface area contributed by atoms with E-state index in [1.165, 1.54) is 16.8 Å². The van der Waals surface area contributed by atoms with Gasteiger partial charge >= 0.3 is 0 Å². The van der Waals surface area contributed by atoms with Crippen LogP contribution in [0.1, 0.15) is 11.1 Å². The van der Waals surface area contributed by atoms with E-state index >= 15 is 0 Å². The van der Waals surface area contributed by atoms with Crippen molar-refractivity contribution < 1.29 is 0 Å². The molecule has 0 aliphatic heterocycles. The van der Waals surface area contributed by atoms with Gasteiger partial charge in [-0.25, -0.2) is 0 Å². The van der Waals surface area contributed by atoms with Crippen LogP contribution in [0.3, 0.4) is 0 Å². The van der Waals surface area contributed by atoms with Crippen molar-refractivity contribution in [2.24, 2.45) is 0 Å². The number of rotatable bonds is 5. The van der Waals surface area contributed by atoms with Gasteiger partial charge < -0.3 is 10.2 Å². The zero-order valence-electron chi connectivity index (χ0n) is 10.9. The highest BCUT2D eigenvalue weighted by molar-refractivity contribution is 5.51. The van der Waals surface area contributed by atoms with E-state index < -0.39 is 0 Å². The highest BCUT2D eigenvalue weighted by Crippen LogP contribution is 2.17. The maximum Gasteiger partial charge on any atom is 0.0402 e. The predicted molar refractivity (Wildman–Crippen MR) is 75.4 cm³/mol. The summed E-state index contributed by atoms with van der Waals surface area (Å²) in [4.78, 5) is 6.20. The molecule has 0 spiro atoms. The number of pyridine rings is 1. The Morgan fingerprint density at radius 3 is 2.50 bits per heavy atom. The lowest BCUT2D eigenvalue weighted by atomic mass is 10.1. The van der Waals surface area contributed by atoms with E-state index in [9.17, 15) is 0 Å². The van der Waals surface area contributed by atoms with Gasteiger partial charge in [0.2, 0.25) is 0 Å². The molecule has 3 heteroatoms. The number of para-hydroxylation sites is 1. The maximum atomic E-state index is 4.02. The molecule has 0 aliphatic rings. The molecule has 2 aromatic rings.